The monoisotopic (exact) mass is 288 g/mol. The molecule has 2 aromatic heterocycles. The summed E-state index contributed by atoms with van der Waals surface area (Å²) in [5.41, 5.74) is 7.12. The molecule has 0 aliphatic rings. The zero-order chi connectivity index (χ0) is 15.1. The molecule has 0 spiro atoms. The minimum absolute atomic E-state index is 0.0277. The van der Waals surface area contributed by atoms with Crippen LogP contribution >= 0.6 is 0 Å². The molecule has 0 atom stereocenters. The van der Waals surface area contributed by atoms with Crippen LogP contribution in [0.15, 0.2) is 29.0 Å². The van der Waals surface area contributed by atoms with Crippen LogP contribution in [0.1, 0.15) is 43.0 Å². The number of hydrogen-bond donors (Lipinski definition) is 2. The van der Waals surface area contributed by atoms with Crippen molar-refractivity contribution < 1.29 is 9.32 Å². The highest BCUT2D eigenvalue weighted by atomic mass is 16.5. The van der Waals surface area contributed by atoms with E-state index in [0.717, 1.165) is 19.3 Å². The Balaban J connectivity index is 2.06. The van der Waals surface area contributed by atoms with E-state index in [2.05, 4.69) is 22.4 Å². The Kier molecular flexibility index (Phi) is 5.31. The van der Waals surface area contributed by atoms with Crippen LogP contribution in [0.3, 0.4) is 0 Å². The third-order valence-corrected chi connectivity index (χ3v) is 3.20. The highest BCUT2D eigenvalue weighted by molar-refractivity contribution is 6.03. The first kappa shape index (κ1) is 15.0. The van der Waals surface area contributed by atoms with Gasteiger partial charge in [-0.3, -0.25) is 9.78 Å². The Bertz CT molecular complexity index is 581. The van der Waals surface area contributed by atoms with Gasteiger partial charge in [-0.15, -0.1) is 0 Å². The molecule has 21 heavy (non-hydrogen) atoms. The maximum absolute atomic E-state index is 12.2. The van der Waals surface area contributed by atoms with Gasteiger partial charge in [-0.2, -0.15) is 0 Å². The number of anilines is 1. The largest absolute Gasteiger partial charge is 0.367 e. The second-order valence-electron chi connectivity index (χ2n) is 4.83. The lowest BCUT2D eigenvalue weighted by molar-refractivity contribution is 0.0954. The van der Waals surface area contributed by atoms with Crippen molar-refractivity contribution in [3.8, 4) is 11.3 Å². The van der Waals surface area contributed by atoms with Gasteiger partial charge < -0.3 is 15.6 Å². The number of amides is 1. The Morgan fingerprint density at radius 3 is 2.95 bits per heavy atom. The Morgan fingerprint density at radius 2 is 2.24 bits per heavy atom. The van der Waals surface area contributed by atoms with Crippen LogP contribution in [0.2, 0.25) is 0 Å². The van der Waals surface area contributed by atoms with Crippen LogP contribution in [0, 0.1) is 0 Å². The first-order valence-electron chi connectivity index (χ1n) is 7.17. The number of nitrogen functional groups attached to an aromatic ring is 1. The van der Waals surface area contributed by atoms with Gasteiger partial charge in [-0.25, -0.2) is 0 Å². The fourth-order valence-electron chi connectivity index (χ4n) is 2.06. The van der Waals surface area contributed by atoms with Crippen molar-refractivity contribution >= 4 is 11.8 Å². The van der Waals surface area contributed by atoms with Crippen LogP contribution < -0.4 is 11.1 Å². The number of nitrogens with zero attached hydrogens (tertiary/aromatic N) is 2. The summed E-state index contributed by atoms with van der Waals surface area (Å²) in [4.78, 5) is 16.3. The number of unbranched alkanes of at least 4 members (excludes halogenated alkanes) is 3. The average Bonchev–Trinajstić information content (AvgIpc) is 2.89. The summed E-state index contributed by atoms with van der Waals surface area (Å²) in [7, 11) is 0. The van der Waals surface area contributed by atoms with Crippen molar-refractivity contribution in [3.05, 3.63) is 30.1 Å². The molecule has 2 heterocycles. The molecule has 6 nitrogen and oxygen atoms in total. The summed E-state index contributed by atoms with van der Waals surface area (Å²) in [6.45, 7) is 2.77. The summed E-state index contributed by atoms with van der Waals surface area (Å²) in [5.74, 6) is -0.232. The minimum Gasteiger partial charge on any atom is -0.367 e. The lowest BCUT2D eigenvalue weighted by atomic mass is 10.1. The van der Waals surface area contributed by atoms with E-state index in [9.17, 15) is 4.79 Å². The van der Waals surface area contributed by atoms with E-state index in [4.69, 9.17) is 10.3 Å². The smallest absolute Gasteiger partial charge is 0.259 e. The van der Waals surface area contributed by atoms with Gasteiger partial charge in [0.15, 0.2) is 0 Å². The highest BCUT2D eigenvalue weighted by Crippen LogP contribution is 2.26. The second kappa shape index (κ2) is 7.42. The van der Waals surface area contributed by atoms with Crippen molar-refractivity contribution in [2.75, 3.05) is 12.3 Å². The third-order valence-electron chi connectivity index (χ3n) is 3.20. The van der Waals surface area contributed by atoms with Crippen molar-refractivity contribution in [1.82, 2.24) is 15.5 Å². The lowest BCUT2D eigenvalue weighted by Crippen LogP contribution is -2.25. The molecule has 0 saturated carbocycles. The summed E-state index contributed by atoms with van der Waals surface area (Å²) < 4.78 is 4.96. The van der Waals surface area contributed by atoms with Gasteiger partial charge in [-0.05, 0) is 18.6 Å². The number of rotatable bonds is 7. The quantitative estimate of drug-likeness (QED) is 0.764. The molecule has 0 aliphatic carbocycles. The van der Waals surface area contributed by atoms with Gasteiger partial charge in [0.05, 0.1) is 0 Å². The number of pyridine rings is 1. The maximum Gasteiger partial charge on any atom is 0.259 e. The van der Waals surface area contributed by atoms with Crippen molar-refractivity contribution in [3.63, 3.8) is 0 Å². The van der Waals surface area contributed by atoms with E-state index in [1.165, 1.54) is 6.42 Å². The van der Waals surface area contributed by atoms with Crippen LogP contribution in [-0.4, -0.2) is 22.6 Å². The molecule has 0 fully saturated rings. The Morgan fingerprint density at radius 1 is 1.38 bits per heavy atom. The summed E-state index contributed by atoms with van der Waals surface area (Å²) in [6.07, 6.45) is 7.66. The first-order chi connectivity index (χ1) is 10.2. The highest BCUT2D eigenvalue weighted by Gasteiger charge is 2.22. The molecule has 0 saturated heterocycles. The lowest BCUT2D eigenvalue weighted by Gasteiger charge is -2.05. The van der Waals surface area contributed by atoms with E-state index in [-0.39, 0.29) is 17.4 Å². The number of nitrogens with one attached hydrogen (secondary N) is 1. The normalized spacial score (nSPS) is 10.5. The van der Waals surface area contributed by atoms with E-state index in [0.29, 0.717) is 17.8 Å². The van der Waals surface area contributed by atoms with E-state index in [1.54, 1.807) is 18.5 Å². The number of nitrogens with two attached hydrogens (primary N) is 1. The van der Waals surface area contributed by atoms with E-state index >= 15 is 0 Å². The van der Waals surface area contributed by atoms with Crippen LogP contribution in [-0.2, 0) is 0 Å². The molecule has 0 unspecified atom stereocenters. The predicted octanol–water partition coefficient (Wildman–Crippen LogP) is 2.63. The minimum atomic E-state index is -0.260. The predicted molar refractivity (Wildman–Crippen MR) is 80.6 cm³/mol. The second-order valence-corrected chi connectivity index (χ2v) is 4.83. The van der Waals surface area contributed by atoms with Crippen LogP contribution in [0.4, 0.5) is 5.88 Å². The zero-order valence-corrected chi connectivity index (χ0v) is 12.1. The van der Waals surface area contributed by atoms with Crippen molar-refractivity contribution in [2.45, 2.75) is 32.6 Å². The third kappa shape index (κ3) is 3.81. The molecule has 6 heteroatoms. The van der Waals surface area contributed by atoms with Crippen molar-refractivity contribution in [1.29, 1.82) is 0 Å². The Hall–Kier alpha value is -2.37. The standard InChI is InChI=1S/C15H20N4O2/c1-2-3-4-5-9-18-15(20)12-13(19-21-14(12)16)11-7-6-8-17-10-11/h6-8,10H,2-5,9,16H2,1H3,(H,18,20). The van der Waals surface area contributed by atoms with E-state index < -0.39 is 0 Å². The topological polar surface area (TPSA) is 94.0 Å². The van der Waals surface area contributed by atoms with Gasteiger partial charge in [0.25, 0.3) is 5.91 Å². The molecule has 0 radical (unpaired) electrons. The number of carbonyl (C=O) groups is 1. The number of hydrogen-bond acceptors (Lipinski definition) is 5. The van der Waals surface area contributed by atoms with Gasteiger partial charge >= 0.3 is 0 Å². The van der Waals surface area contributed by atoms with Crippen molar-refractivity contribution in [2.24, 2.45) is 0 Å². The maximum atomic E-state index is 12.2. The molecule has 112 valence electrons. The summed E-state index contributed by atoms with van der Waals surface area (Å²) >= 11 is 0. The zero-order valence-electron chi connectivity index (χ0n) is 12.1. The average molecular weight is 288 g/mol. The first-order valence-corrected chi connectivity index (χ1v) is 7.17. The summed E-state index contributed by atoms with van der Waals surface area (Å²) in [6, 6.07) is 3.58. The molecule has 0 bridgehead atoms. The molecule has 3 N–H and O–H groups in total. The fourth-order valence-corrected chi connectivity index (χ4v) is 2.06. The molecular weight excluding hydrogens is 268 g/mol. The van der Waals surface area contributed by atoms with Gasteiger partial charge in [0.2, 0.25) is 5.88 Å². The molecule has 0 aliphatic heterocycles. The number of carbonyl (C=O) groups excluding carboxylic acids is 1. The molecule has 2 aromatic rings. The SMILES string of the molecule is CCCCCCNC(=O)c1c(-c2cccnc2)noc1N. The fraction of sp³-hybridized carbons (Fsp3) is 0.400. The Labute approximate surface area is 123 Å². The molecule has 0 aromatic carbocycles. The number of aromatic nitrogens is 2. The molecule has 1 amide bonds. The van der Waals surface area contributed by atoms with Crippen LogP contribution in [0.25, 0.3) is 11.3 Å². The van der Waals surface area contributed by atoms with Gasteiger partial charge in [0.1, 0.15) is 11.3 Å². The van der Waals surface area contributed by atoms with Gasteiger partial charge in [-0.1, -0.05) is 31.3 Å². The molecule has 2 rings (SSSR count). The van der Waals surface area contributed by atoms with Crippen LogP contribution in [0.5, 0.6) is 0 Å². The summed E-state index contributed by atoms with van der Waals surface area (Å²) in [5, 5.41) is 6.72. The molecular formula is C15H20N4O2. The van der Waals surface area contributed by atoms with Gasteiger partial charge in [0, 0.05) is 24.5 Å². The van der Waals surface area contributed by atoms with E-state index in [1.807, 2.05) is 6.07 Å².